The molecule has 2 heteroatoms. The fourth-order valence-electron chi connectivity index (χ4n) is 1.87. The van der Waals surface area contributed by atoms with Crippen molar-refractivity contribution in [1.82, 2.24) is 5.48 Å². The average Bonchev–Trinajstić information content (AvgIpc) is 2.28. The Morgan fingerprint density at radius 1 is 1.07 bits per heavy atom. The molecular formula is C13H15NO. The van der Waals surface area contributed by atoms with Crippen LogP contribution < -0.4 is 5.48 Å². The van der Waals surface area contributed by atoms with Crippen LogP contribution in [0.15, 0.2) is 42.5 Å². The predicted octanol–water partition coefficient (Wildman–Crippen LogP) is 3.05. The topological polar surface area (TPSA) is 21.3 Å². The van der Waals surface area contributed by atoms with Crippen molar-refractivity contribution in [3.8, 4) is 0 Å². The zero-order valence-corrected chi connectivity index (χ0v) is 9.03. The van der Waals surface area contributed by atoms with Crippen molar-refractivity contribution in [1.29, 1.82) is 0 Å². The average molecular weight is 201 g/mol. The van der Waals surface area contributed by atoms with Crippen LogP contribution in [0.5, 0.6) is 0 Å². The molecule has 0 fully saturated rings. The van der Waals surface area contributed by atoms with Gasteiger partial charge in [0.2, 0.25) is 0 Å². The van der Waals surface area contributed by atoms with Crippen molar-refractivity contribution < 1.29 is 4.84 Å². The quantitative estimate of drug-likeness (QED) is 0.771. The summed E-state index contributed by atoms with van der Waals surface area (Å²) in [5, 5.41) is 2.54. The van der Waals surface area contributed by atoms with Gasteiger partial charge in [-0.2, -0.15) is 5.48 Å². The number of hydrogen-bond donors (Lipinski definition) is 1. The van der Waals surface area contributed by atoms with Crippen molar-refractivity contribution >= 4 is 10.8 Å². The van der Waals surface area contributed by atoms with Crippen LogP contribution in [-0.2, 0) is 4.84 Å². The second-order valence-electron chi connectivity index (χ2n) is 3.61. The summed E-state index contributed by atoms with van der Waals surface area (Å²) in [7, 11) is 1.64. The SMILES string of the molecule is CONC(C)c1cccc2ccccc12. The Bertz CT molecular complexity index is 448. The molecule has 1 N–H and O–H groups in total. The number of benzene rings is 2. The molecule has 0 aliphatic rings. The molecule has 15 heavy (non-hydrogen) atoms. The maximum absolute atomic E-state index is 4.96. The molecule has 0 spiro atoms. The van der Waals surface area contributed by atoms with Gasteiger partial charge in [0, 0.05) is 0 Å². The van der Waals surface area contributed by atoms with E-state index in [1.165, 1.54) is 16.3 Å². The summed E-state index contributed by atoms with van der Waals surface area (Å²) in [6.45, 7) is 2.09. The molecule has 0 bridgehead atoms. The summed E-state index contributed by atoms with van der Waals surface area (Å²) in [4.78, 5) is 4.96. The van der Waals surface area contributed by atoms with Crippen molar-refractivity contribution in [3.05, 3.63) is 48.0 Å². The number of rotatable bonds is 3. The van der Waals surface area contributed by atoms with E-state index in [1.54, 1.807) is 7.11 Å². The van der Waals surface area contributed by atoms with Gasteiger partial charge < -0.3 is 4.84 Å². The first-order valence-corrected chi connectivity index (χ1v) is 5.09. The van der Waals surface area contributed by atoms with Crippen LogP contribution in [0.2, 0.25) is 0 Å². The lowest BCUT2D eigenvalue weighted by molar-refractivity contribution is 0.0662. The first-order valence-electron chi connectivity index (χ1n) is 5.09. The van der Waals surface area contributed by atoms with Gasteiger partial charge in [0.1, 0.15) is 0 Å². The molecule has 0 heterocycles. The zero-order chi connectivity index (χ0) is 10.7. The van der Waals surface area contributed by atoms with E-state index in [4.69, 9.17) is 4.84 Å². The minimum atomic E-state index is 0.195. The van der Waals surface area contributed by atoms with Gasteiger partial charge in [0.05, 0.1) is 13.2 Å². The molecule has 2 aromatic carbocycles. The third-order valence-corrected chi connectivity index (χ3v) is 2.58. The van der Waals surface area contributed by atoms with Crippen molar-refractivity contribution in [2.24, 2.45) is 0 Å². The van der Waals surface area contributed by atoms with Gasteiger partial charge in [-0.15, -0.1) is 0 Å². The number of fused-ring (bicyclic) bond motifs is 1. The third kappa shape index (κ3) is 2.01. The Hall–Kier alpha value is -1.38. The van der Waals surface area contributed by atoms with E-state index in [9.17, 15) is 0 Å². The van der Waals surface area contributed by atoms with E-state index in [0.717, 1.165) is 0 Å². The van der Waals surface area contributed by atoms with Crippen molar-refractivity contribution in [3.63, 3.8) is 0 Å². The lowest BCUT2D eigenvalue weighted by atomic mass is 10.0. The first kappa shape index (κ1) is 10.1. The van der Waals surface area contributed by atoms with Crippen LogP contribution in [-0.4, -0.2) is 7.11 Å². The molecule has 2 rings (SSSR count). The van der Waals surface area contributed by atoms with Crippen molar-refractivity contribution in [2.45, 2.75) is 13.0 Å². The molecule has 0 aromatic heterocycles. The number of hydroxylamine groups is 1. The third-order valence-electron chi connectivity index (χ3n) is 2.58. The van der Waals surface area contributed by atoms with E-state index in [1.807, 2.05) is 0 Å². The van der Waals surface area contributed by atoms with Gasteiger partial charge >= 0.3 is 0 Å². The van der Waals surface area contributed by atoms with Crippen LogP contribution in [0.3, 0.4) is 0 Å². The Labute approximate surface area is 89.8 Å². The molecule has 2 nitrogen and oxygen atoms in total. The number of nitrogens with one attached hydrogen (secondary N) is 1. The molecule has 0 aliphatic heterocycles. The maximum atomic E-state index is 4.96. The van der Waals surface area contributed by atoms with E-state index < -0.39 is 0 Å². The summed E-state index contributed by atoms with van der Waals surface area (Å²) >= 11 is 0. The first-order chi connectivity index (χ1) is 7.33. The summed E-state index contributed by atoms with van der Waals surface area (Å²) < 4.78 is 0. The van der Waals surface area contributed by atoms with Gasteiger partial charge in [-0.05, 0) is 23.3 Å². The highest BCUT2D eigenvalue weighted by Gasteiger charge is 2.07. The maximum Gasteiger partial charge on any atom is 0.0572 e. The van der Waals surface area contributed by atoms with Gasteiger partial charge in [-0.3, -0.25) is 0 Å². The lowest BCUT2D eigenvalue weighted by Crippen LogP contribution is -2.16. The molecule has 0 aliphatic carbocycles. The van der Waals surface area contributed by atoms with Gasteiger partial charge in [0.15, 0.2) is 0 Å². The van der Waals surface area contributed by atoms with Gasteiger partial charge in [0.25, 0.3) is 0 Å². The molecule has 1 unspecified atom stereocenters. The van der Waals surface area contributed by atoms with E-state index in [-0.39, 0.29) is 6.04 Å². The van der Waals surface area contributed by atoms with Gasteiger partial charge in [-0.25, -0.2) is 0 Å². The minimum Gasteiger partial charge on any atom is -0.305 e. The highest BCUT2D eigenvalue weighted by Crippen LogP contribution is 2.23. The predicted molar refractivity (Wildman–Crippen MR) is 62.5 cm³/mol. The zero-order valence-electron chi connectivity index (χ0n) is 9.03. The smallest absolute Gasteiger partial charge is 0.0572 e. The lowest BCUT2D eigenvalue weighted by Gasteiger charge is -2.14. The molecular weight excluding hydrogens is 186 g/mol. The largest absolute Gasteiger partial charge is 0.305 e. The van der Waals surface area contributed by atoms with E-state index >= 15 is 0 Å². The summed E-state index contributed by atoms with van der Waals surface area (Å²) in [6.07, 6.45) is 0. The normalized spacial score (nSPS) is 12.9. The van der Waals surface area contributed by atoms with Crippen LogP contribution in [0.4, 0.5) is 0 Å². The van der Waals surface area contributed by atoms with Crippen molar-refractivity contribution in [2.75, 3.05) is 7.11 Å². The summed E-state index contributed by atoms with van der Waals surface area (Å²) in [5.74, 6) is 0. The van der Waals surface area contributed by atoms with Crippen LogP contribution in [0, 0.1) is 0 Å². The van der Waals surface area contributed by atoms with Crippen LogP contribution in [0.1, 0.15) is 18.5 Å². The minimum absolute atomic E-state index is 0.195. The molecule has 0 radical (unpaired) electrons. The second kappa shape index (κ2) is 4.43. The Balaban J connectivity index is 2.50. The second-order valence-corrected chi connectivity index (χ2v) is 3.61. The van der Waals surface area contributed by atoms with E-state index in [2.05, 4.69) is 54.9 Å². The molecule has 78 valence electrons. The van der Waals surface area contributed by atoms with Crippen LogP contribution in [0.25, 0.3) is 10.8 Å². The van der Waals surface area contributed by atoms with Gasteiger partial charge in [-0.1, -0.05) is 42.5 Å². The Morgan fingerprint density at radius 2 is 1.80 bits per heavy atom. The standard InChI is InChI=1S/C13H15NO/c1-10(14-15-2)12-9-5-7-11-6-3-4-8-13(11)12/h3-10,14H,1-2H3. The highest BCUT2D eigenvalue weighted by molar-refractivity contribution is 5.86. The Kier molecular flexibility index (Phi) is 2.99. The fraction of sp³-hybridized carbons (Fsp3) is 0.231. The van der Waals surface area contributed by atoms with Crippen LogP contribution >= 0.6 is 0 Å². The Morgan fingerprint density at radius 3 is 2.60 bits per heavy atom. The summed E-state index contributed by atoms with van der Waals surface area (Å²) in [5.41, 5.74) is 4.21. The number of hydrogen-bond acceptors (Lipinski definition) is 2. The molecule has 0 saturated heterocycles. The monoisotopic (exact) mass is 201 g/mol. The summed E-state index contributed by atoms with van der Waals surface area (Å²) in [6, 6.07) is 14.9. The molecule has 2 aromatic rings. The fourth-order valence-corrected chi connectivity index (χ4v) is 1.87. The molecule has 0 amide bonds. The molecule has 1 atom stereocenters. The van der Waals surface area contributed by atoms with E-state index in [0.29, 0.717) is 0 Å². The highest BCUT2D eigenvalue weighted by atomic mass is 16.6. The molecule has 0 saturated carbocycles.